The van der Waals surface area contributed by atoms with E-state index < -0.39 is 36.7 Å². The van der Waals surface area contributed by atoms with Gasteiger partial charge in [-0.3, -0.25) is 0 Å². The summed E-state index contributed by atoms with van der Waals surface area (Å²) in [5.41, 5.74) is 0. The molecule has 7 nitrogen and oxygen atoms in total. The van der Waals surface area contributed by atoms with Gasteiger partial charge < -0.3 is 14.5 Å². The molecule has 1 aromatic carbocycles. The van der Waals surface area contributed by atoms with Crippen LogP contribution in [0.2, 0.25) is 0 Å². The summed E-state index contributed by atoms with van der Waals surface area (Å²) in [7, 11) is -7.25. The van der Waals surface area contributed by atoms with Crippen LogP contribution >= 0.6 is 0 Å². The number of benzene rings is 1. The van der Waals surface area contributed by atoms with Gasteiger partial charge in [-0.2, -0.15) is 0 Å². The zero-order valence-electron chi connectivity index (χ0n) is 14.3. The summed E-state index contributed by atoms with van der Waals surface area (Å²) in [6.07, 6.45) is 1.51. The molecule has 26 heavy (non-hydrogen) atoms. The van der Waals surface area contributed by atoms with E-state index in [9.17, 15) is 16.8 Å². The lowest BCUT2D eigenvalue weighted by molar-refractivity contribution is 0.340. The normalized spacial score (nSPS) is 22.3. The molecule has 0 saturated carbocycles. The van der Waals surface area contributed by atoms with Crippen molar-refractivity contribution in [1.29, 1.82) is 0 Å². The van der Waals surface area contributed by atoms with Gasteiger partial charge in [-0.15, -0.1) is 0 Å². The van der Waals surface area contributed by atoms with Crippen molar-refractivity contribution in [3.63, 3.8) is 0 Å². The van der Waals surface area contributed by atoms with Crippen LogP contribution in [-0.4, -0.2) is 46.2 Å². The highest BCUT2D eigenvalue weighted by Crippen LogP contribution is 2.27. The monoisotopic (exact) mass is 399 g/mol. The quantitative estimate of drug-likeness (QED) is 0.751. The second-order valence-electron chi connectivity index (χ2n) is 6.13. The molecule has 1 fully saturated rings. The minimum absolute atomic E-state index is 0.0906. The number of hydrogen-bond donors (Lipinski definition) is 1. The molecule has 0 spiro atoms. The van der Waals surface area contributed by atoms with Crippen molar-refractivity contribution < 1.29 is 26.0 Å². The highest BCUT2D eigenvalue weighted by atomic mass is 32.2. The SMILES string of the molecule is CCOc1ccc(S(=O)(=O)[C@@H]2CS(=O)(=O)C[C@H]2NCc2ccco2)cc1. The molecule has 0 bridgehead atoms. The van der Waals surface area contributed by atoms with E-state index >= 15 is 0 Å². The fraction of sp³-hybridized carbons (Fsp3) is 0.412. The lowest BCUT2D eigenvalue weighted by Gasteiger charge is -2.19. The first-order valence-corrected chi connectivity index (χ1v) is 11.6. The van der Waals surface area contributed by atoms with Gasteiger partial charge in [0.1, 0.15) is 11.5 Å². The molecule has 1 N–H and O–H groups in total. The predicted molar refractivity (Wildman–Crippen MR) is 96.6 cm³/mol. The van der Waals surface area contributed by atoms with Gasteiger partial charge in [0.05, 0.1) is 41.1 Å². The van der Waals surface area contributed by atoms with E-state index in [1.807, 2.05) is 6.92 Å². The Hall–Kier alpha value is -1.84. The zero-order valence-corrected chi connectivity index (χ0v) is 15.9. The van der Waals surface area contributed by atoms with Crippen LogP contribution in [0.25, 0.3) is 0 Å². The summed E-state index contributed by atoms with van der Waals surface area (Å²) in [6, 6.07) is 8.82. The highest BCUT2D eigenvalue weighted by molar-refractivity contribution is 7.96. The predicted octanol–water partition coefficient (Wildman–Crippen LogP) is 1.41. The summed E-state index contributed by atoms with van der Waals surface area (Å²) >= 11 is 0. The van der Waals surface area contributed by atoms with E-state index in [0.29, 0.717) is 18.1 Å². The minimum atomic E-state index is -3.81. The van der Waals surface area contributed by atoms with Crippen LogP contribution in [0.5, 0.6) is 5.75 Å². The smallest absolute Gasteiger partial charge is 0.183 e. The molecule has 1 aromatic heterocycles. The third-order valence-electron chi connectivity index (χ3n) is 4.28. The van der Waals surface area contributed by atoms with Gasteiger partial charge in [0, 0.05) is 6.04 Å². The Balaban J connectivity index is 1.82. The Morgan fingerprint density at radius 1 is 1.19 bits per heavy atom. The molecule has 2 atom stereocenters. The number of hydrogen-bond acceptors (Lipinski definition) is 7. The second-order valence-corrected chi connectivity index (χ2v) is 10.5. The number of furan rings is 1. The van der Waals surface area contributed by atoms with Crippen molar-refractivity contribution in [2.24, 2.45) is 0 Å². The first kappa shape index (κ1) is 18.9. The van der Waals surface area contributed by atoms with Gasteiger partial charge in [0.15, 0.2) is 19.7 Å². The van der Waals surface area contributed by atoms with Crippen molar-refractivity contribution in [3.8, 4) is 5.75 Å². The van der Waals surface area contributed by atoms with Crippen molar-refractivity contribution in [3.05, 3.63) is 48.4 Å². The third-order valence-corrected chi connectivity index (χ3v) is 8.45. The highest BCUT2D eigenvalue weighted by Gasteiger charge is 2.45. The molecule has 3 rings (SSSR count). The van der Waals surface area contributed by atoms with E-state index in [0.717, 1.165) is 0 Å². The topological polar surface area (TPSA) is 103 Å². The Morgan fingerprint density at radius 2 is 1.92 bits per heavy atom. The maximum atomic E-state index is 13.0. The summed E-state index contributed by atoms with van der Waals surface area (Å²) in [4.78, 5) is 0.0906. The Morgan fingerprint density at radius 3 is 2.54 bits per heavy atom. The van der Waals surface area contributed by atoms with Gasteiger partial charge in [0.25, 0.3) is 0 Å². The Bertz CT molecular complexity index is 934. The summed E-state index contributed by atoms with van der Waals surface area (Å²) < 4.78 is 60.7. The van der Waals surface area contributed by atoms with Crippen molar-refractivity contribution in [1.82, 2.24) is 5.32 Å². The van der Waals surface area contributed by atoms with Crippen molar-refractivity contribution in [2.75, 3.05) is 18.1 Å². The van der Waals surface area contributed by atoms with Gasteiger partial charge in [0.2, 0.25) is 0 Å². The molecular formula is C17H21NO6S2. The van der Waals surface area contributed by atoms with Crippen molar-refractivity contribution >= 4 is 19.7 Å². The molecule has 142 valence electrons. The maximum Gasteiger partial charge on any atom is 0.183 e. The molecular weight excluding hydrogens is 378 g/mol. The van der Waals surface area contributed by atoms with Gasteiger partial charge in [-0.05, 0) is 43.3 Å². The van der Waals surface area contributed by atoms with E-state index in [4.69, 9.17) is 9.15 Å². The van der Waals surface area contributed by atoms with E-state index in [2.05, 4.69) is 5.32 Å². The standard InChI is InChI=1S/C17H21NO6S2/c1-2-23-13-5-7-15(8-6-13)26(21,22)17-12-25(19,20)11-16(17)18-10-14-4-3-9-24-14/h3-9,16-18H,2,10-12H2,1H3/t16-,17-/m1/s1. The van der Waals surface area contributed by atoms with Crippen LogP contribution in [0.15, 0.2) is 52.0 Å². The molecule has 0 unspecified atom stereocenters. The van der Waals surface area contributed by atoms with Gasteiger partial charge in [-0.25, -0.2) is 16.8 Å². The zero-order chi connectivity index (χ0) is 18.8. The second kappa shape index (κ2) is 7.42. The molecule has 1 saturated heterocycles. The van der Waals surface area contributed by atoms with E-state index in [1.165, 1.54) is 18.4 Å². The van der Waals surface area contributed by atoms with Crippen LogP contribution in [0.3, 0.4) is 0 Å². The van der Waals surface area contributed by atoms with Crippen molar-refractivity contribution in [2.45, 2.75) is 29.7 Å². The molecule has 2 aromatic rings. The molecule has 0 aliphatic carbocycles. The molecule has 1 aliphatic heterocycles. The third kappa shape index (κ3) is 4.11. The molecule has 2 heterocycles. The molecule has 1 aliphatic rings. The molecule has 0 amide bonds. The summed E-state index contributed by atoms with van der Waals surface area (Å²) in [5, 5.41) is 1.98. The first-order valence-electron chi connectivity index (χ1n) is 8.25. The fourth-order valence-corrected chi connectivity index (χ4v) is 7.74. The van der Waals surface area contributed by atoms with Crippen LogP contribution < -0.4 is 10.1 Å². The van der Waals surface area contributed by atoms with E-state index in [-0.39, 0.29) is 17.2 Å². The fourth-order valence-electron chi connectivity index (χ4n) is 3.02. The van der Waals surface area contributed by atoms with Crippen LogP contribution in [0, 0.1) is 0 Å². The van der Waals surface area contributed by atoms with Gasteiger partial charge in [-0.1, -0.05) is 0 Å². The Labute approximate surface area is 153 Å². The molecule has 0 radical (unpaired) electrons. The minimum Gasteiger partial charge on any atom is -0.494 e. The maximum absolute atomic E-state index is 13.0. The van der Waals surface area contributed by atoms with Gasteiger partial charge >= 0.3 is 0 Å². The lowest BCUT2D eigenvalue weighted by atomic mass is 10.2. The average molecular weight is 399 g/mol. The number of sulfone groups is 2. The largest absolute Gasteiger partial charge is 0.494 e. The summed E-state index contributed by atoms with van der Waals surface area (Å²) in [6.45, 7) is 2.58. The van der Waals surface area contributed by atoms with E-state index in [1.54, 1.807) is 24.3 Å². The average Bonchev–Trinajstić information content (AvgIpc) is 3.21. The van der Waals surface area contributed by atoms with Crippen LogP contribution in [0.4, 0.5) is 0 Å². The first-order chi connectivity index (χ1) is 12.3. The number of nitrogens with one attached hydrogen (secondary N) is 1. The van der Waals surface area contributed by atoms with Crippen LogP contribution in [0.1, 0.15) is 12.7 Å². The molecule has 9 heteroatoms. The summed E-state index contributed by atoms with van der Waals surface area (Å²) in [5.74, 6) is 0.581. The van der Waals surface area contributed by atoms with Crippen LogP contribution in [-0.2, 0) is 26.2 Å². The Kier molecular flexibility index (Phi) is 5.40. The number of rotatable bonds is 7. The lowest BCUT2D eigenvalue weighted by Crippen LogP contribution is -2.42. The number of ether oxygens (including phenoxy) is 1.